The van der Waals surface area contributed by atoms with E-state index in [-0.39, 0.29) is 18.7 Å². The minimum atomic E-state index is -1.02. The van der Waals surface area contributed by atoms with E-state index in [4.69, 9.17) is 4.74 Å². The molecule has 1 amide bonds. The van der Waals surface area contributed by atoms with E-state index in [1.54, 1.807) is 6.92 Å². The molecule has 1 aromatic carbocycles. The van der Waals surface area contributed by atoms with Crippen molar-refractivity contribution in [2.45, 2.75) is 57.9 Å². The van der Waals surface area contributed by atoms with Gasteiger partial charge in [0.2, 0.25) is 5.91 Å². The van der Waals surface area contributed by atoms with Crippen molar-refractivity contribution in [1.82, 2.24) is 10.6 Å². The van der Waals surface area contributed by atoms with E-state index in [1.165, 1.54) is 25.7 Å². The molecule has 2 rings (SSSR count). The Hall–Kier alpha value is -2.08. The number of hydrogen-bond donors (Lipinski definition) is 3. The molecule has 6 nitrogen and oxygen atoms in total. The van der Waals surface area contributed by atoms with Gasteiger partial charge in [0.25, 0.3) is 0 Å². The zero-order chi connectivity index (χ0) is 19.5. The van der Waals surface area contributed by atoms with Crippen molar-refractivity contribution in [2.75, 3.05) is 19.7 Å². The van der Waals surface area contributed by atoms with Crippen molar-refractivity contribution in [2.24, 2.45) is 5.92 Å². The number of amides is 1. The number of piperidine rings is 1. The Bertz CT molecular complexity index is 582. The second-order valence-electron chi connectivity index (χ2n) is 7.20. The summed E-state index contributed by atoms with van der Waals surface area (Å²) < 4.78 is 5.79. The zero-order valence-electron chi connectivity index (χ0n) is 16.2. The summed E-state index contributed by atoms with van der Waals surface area (Å²) in [4.78, 5) is 22.7. The van der Waals surface area contributed by atoms with Crippen molar-refractivity contribution in [3.63, 3.8) is 0 Å². The van der Waals surface area contributed by atoms with E-state index in [0.29, 0.717) is 6.61 Å². The van der Waals surface area contributed by atoms with Crippen LogP contribution in [0.15, 0.2) is 24.3 Å². The van der Waals surface area contributed by atoms with Gasteiger partial charge in [-0.25, -0.2) is 4.79 Å². The van der Waals surface area contributed by atoms with Crippen LogP contribution in [0.25, 0.3) is 0 Å². The lowest BCUT2D eigenvalue weighted by Crippen LogP contribution is -2.42. The molecule has 1 aliphatic heterocycles. The highest BCUT2D eigenvalue weighted by Gasteiger charge is 2.19. The number of rotatable bonds is 11. The number of carboxylic acid groups (broad SMARTS) is 1. The molecule has 1 heterocycles. The molecule has 1 saturated heterocycles. The lowest BCUT2D eigenvalue weighted by Gasteiger charge is -2.22. The van der Waals surface area contributed by atoms with Crippen LogP contribution in [0.5, 0.6) is 5.75 Å². The fraction of sp³-hybridized carbons (Fsp3) is 0.619. The first kappa shape index (κ1) is 21.2. The third-order valence-electron chi connectivity index (χ3n) is 5.05. The highest BCUT2D eigenvalue weighted by Crippen LogP contribution is 2.19. The van der Waals surface area contributed by atoms with Crippen molar-refractivity contribution in [3.8, 4) is 5.75 Å². The molecule has 0 radical (unpaired) electrons. The van der Waals surface area contributed by atoms with Crippen molar-refractivity contribution in [3.05, 3.63) is 29.8 Å². The van der Waals surface area contributed by atoms with Gasteiger partial charge in [0, 0.05) is 12.8 Å². The van der Waals surface area contributed by atoms with Crippen LogP contribution in [0.2, 0.25) is 0 Å². The van der Waals surface area contributed by atoms with E-state index in [9.17, 15) is 14.7 Å². The Morgan fingerprint density at radius 2 is 1.93 bits per heavy atom. The first-order chi connectivity index (χ1) is 13.1. The number of carbonyl (C=O) groups is 2. The predicted octanol–water partition coefficient (Wildman–Crippen LogP) is 2.76. The molecule has 1 aromatic rings. The van der Waals surface area contributed by atoms with Crippen molar-refractivity contribution in [1.29, 1.82) is 0 Å². The van der Waals surface area contributed by atoms with E-state index < -0.39 is 12.0 Å². The van der Waals surface area contributed by atoms with Gasteiger partial charge in [-0.1, -0.05) is 25.5 Å². The van der Waals surface area contributed by atoms with E-state index in [1.807, 2.05) is 24.3 Å². The van der Waals surface area contributed by atoms with Gasteiger partial charge < -0.3 is 20.5 Å². The van der Waals surface area contributed by atoms with Gasteiger partial charge in [-0.3, -0.25) is 4.79 Å². The maximum atomic E-state index is 11.4. The molecule has 0 aliphatic carbocycles. The van der Waals surface area contributed by atoms with Crippen LogP contribution in [0.3, 0.4) is 0 Å². The summed E-state index contributed by atoms with van der Waals surface area (Å²) in [5.41, 5.74) is 0.858. The van der Waals surface area contributed by atoms with Gasteiger partial charge in [-0.2, -0.15) is 0 Å². The van der Waals surface area contributed by atoms with Gasteiger partial charge in [0.1, 0.15) is 11.8 Å². The molecule has 6 heteroatoms. The number of carboxylic acids is 1. The van der Waals surface area contributed by atoms with Crippen LogP contribution in [-0.2, 0) is 16.0 Å². The summed E-state index contributed by atoms with van der Waals surface area (Å²) in [6.45, 7) is 4.71. The monoisotopic (exact) mass is 376 g/mol. The molecule has 0 unspecified atom stereocenters. The molecule has 1 atom stereocenters. The van der Waals surface area contributed by atoms with Crippen LogP contribution >= 0.6 is 0 Å². The summed E-state index contributed by atoms with van der Waals surface area (Å²) in [7, 11) is 0. The van der Waals surface area contributed by atoms with Gasteiger partial charge in [-0.15, -0.1) is 0 Å². The van der Waals surface area contributed by atoms with Crippen LogP contribution < -0.4 is 15.4 Å². The van der Waals surface area contributed by atoms with Crippen LogP contribution in [0, 0.1) is 5.92 Å². The summed E-state index contributed by atoms with van der Waals surface area (Å²) in [5, 5.41) is 15.2. The molecule has 0 aromatic heterocycles. The highest BCUT2D eigenvalue weighted by molar-refractivity contribution is 5.83. The molecule has 1 aliphatic rings. The number of carbonyl (C=O) groups excluding carboxylic acids is 1. The number of nitrogens with one attached hydrogen (secondary N) is 2. The minimum absolute atomic E-state index is 0.258. The summed E-state index contributed by atoms with van der Waals surface area (Å²) in [5.74, 6) is 0.378. The zero-order valence-corrected chi connectivity index (χ0v) is 16.2. The first-order valence-electron chi connectivity index (χ1n) is 10.0. The molecular formula is C21H32N2O4. The lowest BCUT2D eigenvalue weighted by molar-refractivity contribution is -0.141. The Labute approximate surface area is 161 Å². The standard InChI is InChI=1S/C21H32N2O4/c1-2-20(24)23-19(21(25)26)15-17-6-8-18(9-7-17)27-14-4-3-5-16-10-12-22-13-11-16/h6-9,16,19,22H,2-5,10-15H2,1H3,(H,23,24)(H,25,26)/t19-/m0/s1. The van der Waals surface area contributed by atoms with Crippen molar-refractivity contribution >= 4 is 11.9 Å². The van der Waals surface area contributed by atoms with Crippen LogP contribution in [-0.4, -0.2) is 42.7 Å². The summed E-state index contributed by atoms with van der Waals surface area (Å²) in [6, 6.07) is 6.54. The fourth-order valence-electron chi connectivity index (χ4n) is 3.35. The van der Waals surface area contributed by atoms with Gasteiger partial charge in [0.05, 0.1) is 6.61 Å². The molecule has 0 bridgehead atoms. The maximum Gasteiger partial charge on any atom is 0.326 e. The van der Waals surface area contributed by atoms with E-state index in [0.717, 1.165) is 36.7 Å². The molecule has 1 fully saturated rings. The molecule has 150 valence electrons. The Balaban J connectivity index is 1.69. The number of aliphatic carboxylic acids is 1. The Morgan fingerprint density at radius 1 is 1.22 bits per heavy atom. The normalized spacial score (nSPS) is 15.9. The third-order valence-corrected chi connectivity index (χ3v) is 5.05. The van der Waals surface area contributed by atoms with Crippen molar-refractivity contribution < 1.29 is 19.4 Å². The highest BCUT2D eigenvalue weighted by atomic mass is 16.5. The number of ether oxygens (including phenoxy) is 1. The third kappa shape index (κ3) is 7.99. The van der Waals surface area contributed by atoms with Gasteiger partial charge in [-0.05, 0) is 62.4 Å². The number of unbranched alkanes of at least 4 members (excludes halogenated alkanes) is 1. The average Bonchev–Trinajstić information content (AvgIpc) is 2.69. The second kappa shape index (κ2) is 11.6. The summed E-state index contributed by atoms with van der Waals surface area (Å²) >= 11 is 0. The Kier molecular flexibility index (Phi) is 9.11. The second-order valence-corrected chi connectivity index (χ2v) is 7.20. The molecule has 3 N–H and O–H groups in total. The quantitative estimate of drug-likeness (QED) is 0.517. The average molecular weight is 376 g/mol. The molecule has 0 saturated carbocycles. The van der Waals surface area contributed by atoms with E-state index in [2.05, 4.69) is 10.6 Å². The molecular weight excluding hydrogens is 344 g/mol. The van der Waals surface area contributed by atoms with Gasteiger partial charge >= 0.3 is 5.97 Å². The SMILES string of the molecule is CCC(=O)N[C@@H](Cc1ccc(OCCCCC2CCNCC2)cc1)C(=O)O. The maximum absolute atomic E-state index is 11.4. The largest absolute Gasteiger partial charge is 0.494 e. The first-order valence-corrected chi connectivity index (χ1v) is 10.0. The summed E-state index contributed by atoms with van der Waals surface area (Å²) in [6.07, 6.45) is 6.64. The van der Waals surface area contributed by atoms with E-state index >= 15 is 0 Å². The van der Waals surface area contributed by atoms with Gasteiger partial charge in [0.15, 0.2) is 0 Å². The molecule has 27 heavy (non-hydrogen) atoms. The smallest absolute Gasteiger partial charge is 0.326 e. The van der Waals surface area contributed by atoms with Crippen LogP contribution in [0.1, 0.15) is 51.0 Å². The number of benzene rings is 1. The molecule has 0 spiro atoms. The fourth-order valence-corrected chi connectivity index (χ4v) is 3.35. The lowest BCUT2D eigenvalue weighted by atomic mass is 9.93. The minimum Gasteiger partial charge on any atom is -0.494 e. The van der Waals surface area contributed by atoms with Crippen LogP contribution in [0.4, 0.5) is 0 Å². The predicted molar refractivity (Wildman–Crippen MR) is 105 cm³/mol. The Morgan fingerprint density at radius 3 is 2.56 bits per heavy atom. The number of hydrogen-bond acceptors (Lipinski definition) is 4. The topological polar surface area (TPSA) is 87.7 Å².